The highest BCUT2D eigenvalue weighted by Gasteiger charge is 2.21. The first kappa shape index (κ1) is 16.1. The van der Waals surface area contributed by atoms with Crippen molar-refractivity contribution in [1.82, 2.24) is 14.8 Å². The number of aromatic nitrogens is 3. The third-order valence-corrected chi connectivity index (χ3v) is 3.80. The van der Waals surface area contributed by atoms with Crippen molar-refractivity contribution in [3.63, 3.8) is 0 Å². The average Bonchev–Trinajstić information content (AvgIpc) is 2.91. The topological polar surface area (TPSA) is 57.0 Å². The molecular weight excluding hydrogens is 309 g/mol. The van der Waals surface area contributed by atoms with Gasteiger partial charge in [0.15, 0.2) is 5.65 Å². The second-order valence-corrected chi connectivity index (χ2v) is 5.38. The molecule has 0 unspecified atom stereocenters. The zero-order valence-corrected chi connectivity index (χ0v) is 13.8. The number of rotatable bonds is 4. The van der Waals surface area contributed by atoms with Crippen molar-refractivity contribution in [3.8, 4) is 5.69 Å². The molecule has 0 saturated carbocycles. The van der Waals surface area contributed by atoms with Crippen LogP contribution in [-0.2, 0) is 11.2 Å². The van der Waals surface area contributed by atoms with Gasteiger partial charge < -0.3 is 4.74 Å². The van der Waals surface area contributed by atoms with Crippen LogP contribution in [-0.4, -0.2) is 27.3 Å². The second kappa shape index (κ2) is 6.39. The first-order valence-electron chi connectivity index (χ1n) is 7.88. The van der Waals surface area contributed by atoms with Crippen molar-refractivity contribution in [2.75, 3.05) is 6.61 Å². The standard InChI is InChI=1S/C18H18FN3O2/c1-4-12-10-13(18(23)24-5-2)16-11(3)21-22(17(16)20-12)15-9-7-6-8-14(15)19/h6-10H,4-5H2,1-3H3. The molecule has 6 heteroatoms. The number of ether oxygens (including phenoxy) is 1. The van der Waals surface area contributed by atoms with E-state index in [-0.39, 0.29) is 6.61 Å². The van der Waals surface area contributed by atoms with E-state index in [9.17, 15) is 9.18 Å². The van der Waals surface area contributed by atoms with E-state index in [2.05, 4.69) is 10.1 Å². The lowest BCUT2D eigenvalue weighted by Gasteiger charge is -2.08. The monoisotopic (exact) mass is 327 g/mol. The average molecular weight is 327 g/mol. The number of aryl methyl sites for hydroxylation is 2. The summed E-state index contributed by atoms with van der Waals surface area (Å²) >= 11 is 0. The number of fused-ring (bicyclic) bond motifs is 1. The summed E-state index contributed by atoms with van der Waals surface area (Å²) in [6, 6.07) is 8.07. The largest absolute Gasteiger partial charge is 0.462 e. The Morgan fingerprint density at radius 1 is 1.29 bits per heavy atom. The van der Waals surface area contributed by atoms with Crippen LogP contribution in [0.3, 0.4) is 0 Å². The molecule has 0 amide bonds. The smallest absolute Gasteiger partial charge is 0.339 e. The number of para-hydroxylation sites is 1. The fourth-order valence-corrected chi connectivity index (χ4v) is 2.68. The van der Waals surface area contributed by atoms with Crippen LogP contribution in [0.15, 0.2) is 30.3 Å². The van der Waals surface area contributed by atoms with E-state index >= 15 is 0 Å². The summed E-state index contributed by atoms with van der Waals surface area (Å²) in [6.07, 6.45) is 0.643. The highest BCUT2D eigenvalue weighted by Crippen LogP contribution is 2.26. The van der Waals surface area contributed by atoms with Gasteiger partial charge in [0.1, 0.15) is 11.5 Å². The molecule has 5 nitrogen and oxygen atoms in total. The number of benzene rings is 1. The van der Waals surface area contributed by atoms with E-state index in [0.717, 1.165) is 5.69 Å². The minimum atomic E-state index is -0.421. The number of carbonyl (C=O) groups excluding carboxylic acids is 1. The highest BCUT2D eigenvalue weighted by molar-refractivity contribution is 6.04. The van der Waals surface area contributed by atoms with Crippen molar-refractivity contribution in [1.29, 1.82) is 0 Å². The number of pyridine rings is 1. The van der Waals surface area contributed by atoms with Crippen LogP contribution in [0.25, 0.3) is 16.7 Å². The van der Waals surface area contributed by atoms with Crippen molar-refractivity contribution in [3.05, 3.63) is 53.1 Å². The van der Waals surface area contributed by atoms with Gasteiger partial charge in [-0.15, -0.1) is 0 Å². The van der Waals surface area contributed by atoms with E-state index in [1.165, 1.54) is 10.7 Å². The molecule has 0 atom stereocenters. The molecule has 0 radical (unpaired) electrons. The molecule has 1 aromatic carbocycles. The van der Waals surface area contributed by atoms with Crippen LogP contribution in [0.4, 0.5) is 4.39 Å². The van der Waals surface area contributed by atoms with Crippen molar-refractivity contribution in [2.24, 2.45) is 0 Å². The fourth-order valence-electron chi connectivity index (χ4n) is 2.68. The molecule has 24 heavy (non-hydrogen) atoms. The number of esters is 1. The summed E-state index contributed by atoms with van der Waals surface area (Å²) in [5, 5.41) is 5.00. The predicted octanol–water partition coefficient (Wildman–Crippen LogP) is 3.61. The normalized spacial score (nSPS) is 11.0. The molecule has 0 saturated heterocycles. The van der Waals surface area contributed by atoms with Crippen LogP contribution >= 0.6 is 0 Å². The maximum Gasteiger partial charge on any atom is 0.339 e. The molecule has 0 fully saturated rings. The summed E-state index contributed by atoms with van der Waals surface area (Å²) < 4.78 is 20.8. The van der Waals surface area contributed by atoms with Gasteiger partial charge in [-0.2, -0.15) is 5.10 Å². The minimum absolute atomic E-state index is 0.282. The van der Waals surface area contributed by atoms with Gasteiger partial charge in [0.2, 0.25) is 0 Å². The first-order valence-corrected chi connectivity index (χ1v) is 7.88. The SMILES string of the molecule is CCOC(=O)c1cc(CC)nc2c1c(C)nn2-c1ccccc1F. The first-order chi connectivity index (χ1) is 11.6. The van der Waals surface area contributed by atoms with E-state index < -0.39 is 11.8 Å². The molecule has 3 aromatic rings. The minimum Gasteiger partial charge on any atom is -0.462 e. The lowest BCUT2D eigenvalue weighted by molar-refractivity contribution is 0.0528. The summed E-state index contributed by atoms with van der Waals surface area (Å²) in [7, 11) is 0. The van der Waals surface area contributed by atoms with Gasteiger partial charge in [-0.25, -0.2) is 18.9 Å². The third-order valence-electron chi connectivity index (χ3n) is 3.80. The molecule has 0 aliphatic heterocycles. The van der Waals surface area contributed by atoms with Gasteiger partial charge in [0.25, 0.3) is 0 Å². The summed E-state index contributed by atoms with van der Waals surface area (Å²) in [5.41, 5.74) is 2.50. The quantitative estimate of drug-likeness (QED) is 0.687. The summed E-state index contributed by atoms with van der Waals surface area (Å²) in [5.74, 6) is -0.820. The Labute approximate surface area is 139 Å². The Morgan fingerprint density at radius 2 is 2.04 bits per heavy atom. The Balaban J connectivity index is 2.33. The number of hydrogen-bond acceptors (Lipinski definition) is 4. The van der Waals surface area contributed by atoms with Gasteiger partial charge >= 0.3 is 5.97 Å². The maximum absolute atomic E-state index is 14.2. The maximum atomic E-state index is 14.2. The predicted molar refractivity (Wildman–Crippen MR) is 88.9 cm³/mol. The fraction of sp³-hybridized carbons (Fsp3) is 0.278. The molecule has 3 rings (SSSR count). The van der Waals surface area contributed by atoms with E-state index in [4.69, 9.17) is 4.74 Å². The van der Waals surface area contributed by atoms with E-state index in [1.807, 2.05) is 6.92 Å². The molecule has 0 spiro atoms. The highest BCUT2D eigenvalue weighted by atomic mass is 19.1. The molecule has 124 valence electrons. The Bertz CT molecular complexity index is 918. The van der Waals surface area contributed by atoms with Crippen molar-refractivity contribution < 1.29 is 13.9 Å². The number of hydrogen-bond donors (Lipinski definition) is 0. The van der Waals surface area contributed by atoms with Gasteiger partial charge in [-0.3, -0.25) is 0 Å². The zero-order valence-electron chi connectivity index (χ0n) is 13.8. The molecule has 0 bridgehead atoms. The Hall–Kier alpha value is -2.76. The van der Waals surface area contributed by atoms with Gasteiger partial charge in [-0.05, 0) is 38.5 Å². The van der Waals surface area contributed by atoms with Crippen LogP contribution < -0.4 is 0 Å². The molecule has 0 aliphatic carbocycles. The van der Waals surface area contributed by atoms with Crippen LogP contribution in [0.5, 0.6) is 0 Å². The Morgan fingerprint density at radius 3 is 2.71 bits per heavy atom. The third kappa shape index (κ3) is 2.64. The number of carbonyl (C=O) groups is 1. The van der Waals surface area contributed by atoms with Gasteiger partial charge in [0.05, 0.1) is 23.3 Å². The molecule has 0 N–H and O–H groups in total. The van der Waals surface area contributed by atoms with Crippen molar-refractivity contribution >= 4 is 17.0 Å². The van der Waals surface area contributed by atoms with E-state index in [0.29, 0.717) is 34.4 Å². The van der Waals surface area contributed by atoms with Gasteiger partial charge in [-0.1, -0.05) is 19.1 Å². The van der Waals surface area contributed by atoms with Gasteiger partial charge in [0, 0.05) is 5.69 Å². The lowest BCUT2D eigenvalue weighted by Crippen LogP contribution is -2.08. The lowest BCUT2D eigenvalue weighted by atomic mass is 10.1. The summed E-state index contributed by atoms with van der Waals surface area (Å²) in [6.45, 7) is 5.76. The Kier molecular flexibility index (Phi) is 4.29. The molecule has 2 heterocycles. The van der Waals surface area contributed by atoms with Crippen LogP contribution in [0.1, 0.15) is 35.6 Å². The van der Waals surface area contributed by atoms with Crippen LogP contribution in [0.2, 0.25) is 0 Å². The van der Waals surface area contributed by atoms with Crippen molar-refractivity contribution in [2.45, 2.75) is 27.2 Å². The second-order valence-electron chi connectivity index (χ2n) is 5.38. The number of nitrogens with zero attached hydrogens (tertiary/aromatic N) is 3. The zero-order chi connectivity index (χ0) is 17.3. The summed E-state index contributed by atoms with van der Waals surface area (Å²) in [4.78, 5) is 16.9. The molecule has 0 aliphatic rings. The molecular formula is C18H18FN3O2. The molecule has 2 aromatic heterocycles. The van der Waals surface area contributed by atoms with Crippen LogP contribution in [0, 0.1) is 12.7 Å². The van der Waals surface area contributed by atoms with E-state index in [1.54, 1.807) is 38.1 Å². The number of halogens is 1.